The predicted molar refractivity (Wildman–Crippen MR) is 86.3 cm³/mol. The standard InChI is InChI=1S/C16H33N3O2/c1-13(20)11-16(2,3)12-18-15(21)17-8-5-14-6-9-19(4)10-7-14/h13-14,20H,5-12H2,1-4H3,(H2,17,18,21). The lowest BCUT2D eigenvalue weighted by molar-refractivity contribution is 0.128. The van der Waals surface area contributed by atoms with Gasteiger partial charge in [-0.15, -0.1) is 0 Å². The number of aliphatic hydroxyl groups is 1. The number of nitrogens with zero attached hydrogens (tertiary/aromatic N) is 1. The second-order valence-electron chi connectivity index (χ2n) is 7.36. The average Bonchev–Trinajstić information content (AvgIpc) is 2.37. The predicted octanol–water partition coefficient (Wildman–Crippen LogP) is 1.81. The number of aliphatic hydroxyl groups excluding tert-OH is 1. The lowest BCUT2D eigenvalue weighted by Crippen LogP contribution is -2.42. The molecule has 0 spiro atoms. The summed E-state index contributed by atoms with van der Waals surface area (Å²) < 4.78 is 0. The van der Waals surface area contributed by atoms with E-state index in [9.17, 15) is 9.90 Å². The highest BCUT2D eigenvalue weighted by Crippen LogP contribution is 2.21. The van der Waals surface area contributed by atoms with Crippen molar-refractivity contribution in [1.29, 1.82) is 0 Å². The quantitative estimate of drug-likeness (QED) is 0.672. The van der Waals surface area contributed by atoms with E-state index in [0.717, 1.165) is 18.9 Å². The molecule has 0 saturated carbocycles. The lowest BCUT2D eigenvalue weighted by Gasteiger charge is -2.29. The molecule has 1 fully saturated rings. The van der Waals surface area contributed by atoms with E-state index in [0.29, 0.717) is 13.0 Å². The molecule has 21 heavy (non-hydrogen) atoms. The molecule has 0 aromatic carbocycles. The highest BCUT2D eigenvalue weighted by atomic mass is 16.3. The molecule has 0 aromatic rings. The van der Waals surface area contributed by atoms with Gasteiger partial charge in [-0.05, 0) is 64.1 Å². The number of nitrogens with one attached hydrogen (secondary N) is 2. The van der Waals surface area contributed by atoms with Crippen LogP contribution in [0.4, 0.5) is 4.79 Å². The van der Waals surface area contributed by atoms with Crippen molar-refractivity contribution in [1.82, 2.24) is 15.5 Å². The van der Waals surface area contributed by atoms with Gasteiger partial charge < -0.3 is 20.6 Å². The monoisotopic (exact) mass is 299 g/mol. The molecular formula is C16H33N3O2. The zero-order valence-corrected chi connectivity index (χ0v) is 14.1. The number of piperidine rings is 1. The van der Waals surface area contributed by atoms with Crippen molar-refractivity contribution in [2.24, 2.45) is 11.3 Å². The zero-order valence-electron chi connectivity index (χ0n) is 14.1. The number of hydrogen-bond acceptors (Lipinski definition) is 3. The fourth-order valence-electron chi connectivity index (χ4n) is 2.99. The number of carbonyl (C=O) groups is 1. The third-order valence-electron chi connectivity index (χ3n) is 4.25. The number of likely N-dealkylation sites (tertiary alicyclic amines) is 1. The van der Waals surface area contributed by atoms with Crippen LogP contribution in [0.15, 0.2) is 0 Å². The van der Waals surface area contributed by atoms with Crippen molar-refractivity contribution in [2.75, 3.05) is 33.2 Å². The number of amides is 2. The molecule has 5 nitrogen and oxygen atoms in total. The lowest BCUT2D eigenvalue weighted by atomic mass is 9.87. The molecule has 1 unspecified atom stereocenters. The smallest absolute Gasteiger partial charge is 0.314 e. The number of rotatable bonds is 7. The van der Waals surface area contributed by atoms with Gasteiger partial charge in [0.1, 0.15) is 0 Å². The van der Waals surface area contributed by atoms with Gasteiger partial charge in [0.15, 0.2) is 0 Å². The summed E-state index contributed by atoms with van der Waals surface area (Å²) in [6.07, 6.45) is 3.89. The number of hydrogen-bond donors (Lipinski definition) is 3. The fourth-order valence-corrected chi connectivity index (χ4v) is 2.99. The Bertz CT molecular complexity index is 311. The second kappa shape index (κ2) is 8.59. The first-order valence-corrected chi connectivity index (χ1v) is 8.17. The molecule has 1 rings (SSSR count). The molecule has 5 heteroatoms. The van der Waals surface area contributed by atoms with Gasteiger partial charge >= 0.3 is 6.03 Å². The Morgan fingerprint density at radius 2 is 1.95 bits per heavy atom. The van der Waals surface area contributed by atoms with E-state index in [2.05, 4.69) is 36.4 Å². The topological polar surface area (TPSA) is 64.6 Å². The first kappa shape index (κ1) is 18.2. The summed E-state index contributed by atoms with van der Waals surface area (Å²) in [7, 11) is 2.16. The first-order valence-electron chi connectivity index (χ1n) is 8.17. The minimum absolute atomic E-state index is 0.0839. The maximum Gasteiger partial charge on any atom is 0.314 e. The van der Waals surface area contributed by atoms with Crippen LogP contribution >= 0.6 is 0 Å². The van der Waals surface area contributed by atoms with Crippen molar-refractivity contribution < 1.29 is 9.90 Å². The van der Waals surface area contributed by atoms with Gasteiger partial charge in [0.2, 0.25) is 0 Å². The van der Waals surface area contributed by atoms with Gasteiger partial charge in [-0.1, -0.05) is 13.8 Å². The van der Waals surface area contributed by atoms with Crippen LogP contribution in [0.2, 0.25) is 0 Å². The van der Waals surface area contributed by atoms with E-state index in [4.69, 9.17) is 0 Å². The zero-order chi connectivity index (χ0) is 15.9. The van der Waals surface area contributed by atoms with Gasteiger partial charge in [0, 0.05) is 13.1 Å². The Morgan fingerprint density at radius 1 is 1.33 bits per heavy atom. The maximum atomic E-state index is 11.8. The molecular weight excluding hydrogens is 266 g/mol. The molecule has 2 amide bonds. The Kier molecular flexibility index (Phi) is 7.46. The molecule has 124 valence electrons. The van der Waals surface area contributed by atoms with E-state index >= 15 is 0 Å². The average molecular weight is 299 g/mol. The fraction of sp³-hybridized carbons (Fsp3) is 0.938. The summed E-state index contributed by atoms with van der Waals surface area (Å²) >= 11 is 0. The van der Waals surface area contributed by atoms with Gasteiger partial charge in [0.25, 0.3) is 0 Å². The highest BCUT2D eigenvalue weighted by molar-refractivity contribution is 5.73. The molecule has 3 N–H and O–H groups in total. The van der Waals surface area contributed by atoms with Crippen molar-refractivity contribution in [3.63, 3.8) is 0 Å². The Labute approximate surface area is 129 Å². The normalized spacial score (nSPS) is 19.3. The molecule has 1 atom stereocenters. The molecule has 0 aliphatic carbocycles. The van der Waals surface area contributed by atoms with E-state index in [1.807, 2.05) is 0 Å². The number of urea groups is 1. The third-order valence-corrected chi connectivity index (χ3v) is 4.25. The number of carbonyl (C=O) groups excluding carboxylic acids is 1. The van der Waals surface area contributed by atoms with E-state index in [1.165, 1.54) is 25.9 Å². The van der Waals surface area contributed by atoms with Crippen LogP contribution in [0.1, 0.15) is 46.5 Å². The summed E-state index contributed by atoms with van der Waals surface area (Å²) in [4.78, 5) is 14.1. The van der Waals surface area contributed by atoms with E-state index < -0.39 is 0 Å². The van der Waals surface area contributed by atoms with E-state index in [1.54, 1.807) is 6.92 Å². The van der Waals surface area contributed by atoms with Crippen molar-refractivity contribution in [3.05, 3.63) is 0 Å². The summed E-state index contributed by atoms with van der Waals surface area (Å²) in [6, 6.07) is -0.0957. The summed E-state index contributed by atoms with van der Waals surface area (Å²) in [6.45, 7) is 9.56. The molecule has 1 aliphatic rings. The van der Waals surface area contributed by atoms with E-state index in [-0.39, 0.29) is 17.6 Å². The van der Waals surface area contributed by atoms with Crippen LogP contribution in [0.5, 0.6) is 0 Å². The Balaban J connectivity index is 2.11. The van der Waals surface area contributed by atoms with Crippen molar-refractivity contribution in [3.8, 4) is 0 Å². The Hall–Kier alpha value is -0.810. The van der Waals surface area contributed by atoms with Crippen molar-refractivity contribution >= 4 is 6.03 Å². The first-order chi connectivity index (χ1) is 9.78. The van der Waals surface area contributed by atoms with Gasteiger partial charge in [-0.2, -0.15) is 0 Å². The molecule has 0 bridgehead atoms. The minimum atomic E-state index is -0.339. The highest BCUT2D eigenvalue weighted by Gasteiger charge is 2.21. The minimum Gasteiger partial charge on any atom is -0.393 e. The summed E-state index contributed by atoms with van der Waals surface area (Å²) in [5.41, 5.74) is -0.0839. The van der Waals surface area contributed by atoms with Crippen LogP contribution in [0.25, 0.3) is 0 Å². The van der Waals surface area contributed by atoms with Crippen LogP contribution in [-0.4, -0.2) is 55.4 Å². The summed E-state index contributed by atoms with van der Waals surface area (Å²) in [5, 5.41) is 15.3. The van der Waals surface area contributed by atoms with Crippen LogP contribution < -0.4 is 10.6 Å². The molecule has 0 aromatic heterocycles. The molecule has 1 aliphatic heterocycles. The van der Waals surface area contributed by atoms with Gasteiger partial charge in [0.05, 0.1) is 6.10 Å². The Morgan fingerprint density at radius 3 is 2.52 bits per heavy atom. The maximum absolute atomic E-state index is 11.8. The van der Waals surface area contributed by atoms with Crippen LogP contribution in [0.3, 0.4) is 0 Å². The van der Waals surface area contributed by atoms with Gasteiger partial charge in [-0.3, -0.25) is 0 Å². The second-order valence-corrected chi connectivity index (χ2v) is 7.36. The van der Waals surface area contributed by atoms with Crippen LogP contribution in [-0.2, 0) is 0 Å². The largest absolute Gasteiger partial charge is 0.393 e. The van der Waals surface area contributed by atoms with Gasteiger partial charge in [-0.25, -0.2) is 4.79 Å². The third kappa shape index (κ3) is 8.27. The molecule has 1 saturated heterocycles. The molecule has 1 heterocycles. The van der Waals surface area contributed by atoms with Crippen LogP contribution in [0, 0.1) is 11.3 Å². The SMILES string of the molecule is CC(O)CC(C)(C)CNC(=O)NCCC1CCN(C)CC1. The summed E-state index contributed by atoms with van der Waals surface area (Å²) in [5.74, 6) is 0.744. The molecule has 0 radical (unpaired) electrons. The van der Waals surface area contributed by atoms with Crippen molar-refractivity contribution in [2.45, 2.75) is 52.6 Å².